The molecule has 0 aromatic rings. The monoisotopic (exact) mass is 646 g/mol. The van der Waals surface area contributed by atoms with Gasteiger partial charge in [0.15, 0.2) is 6.10 Å². The van der Waals surface area contributed by atoms with Crippen LogP contribution in [0.2, 0.25) is 0 Å². The molecular formula is C35H67O8P. The van der Waals surface area contributed by atoms with Gasteiger partial charge in [0.05, 0.1) is 6.61 Å². The van der Waals surface area contributed by atoms with E-state index in [4.69, 9.17) is 19.3 Å². The number of esters is 2. The first-order valence-corrected chi connectivity index (χ1v) is 19.5. The van der Waals surface area contributed by atoms with Crippen molar-refractivity contribution in [3.63, 3.8) is 0 Å². The summed E-state index contributed by atoms with van der Waals surface area (Å²) in [6.07, 6.45) is 32.2. The topological polar surface area (TPSA) is 119 Å². The van der Waals surface area contributed by atoms with Crippen LogP contribution in [0.4, 0.5) is 0 Å². The third kappa shape index (κ3) is 33.7. The largest absolute Gasteiger partial charge is 0.469 e. The van der Waals surface area contributed by atoms with Gasteiger partial charge in [-0.2, -0.15) is 0 Å². The smallest absolute Gasteiger partial charge is 0.462 e. The van der Waals surface area contributed by atoms with Crippen molar-refractivity contribution in [1.82, 2.24) is 0 Å². The summed E-state index contributed by atoms with van der Waals surface area (Å²) in [6, 6.07) is 0. The highest BCUT2D eigenvalue weighted by molar-refractivity contribution is 7.46. The normalized spacial score (nSPS) is 12.5. The molecule has 0 aliphatic heterocycles. The van der Waals surface area contributed by atoms with Crippen LogP contribution in [0.5, 0.6) is 0 Å². The molecule has 0 amide bonds. The predicted molar refractivity (Wildman–Crippen MR) is 179 cm³/mol. The molecule has 0 unspecified atom stereocenters. The number of carbonyl (C=O) groups excluding carboxylic acids is 2. The standard InChI is InChI=1S/C35H67O8P/c1-3-5-7-9-11-13-15-17-19-21-23-25-27-29-34(36)41-31-33(32-42-44(38,39)40)43-35(37)30-28-26-24-22-20-18-16-14-12-10-8-6-4-2/h17,19,33H,3-16,18,20-32H2,1-2H3,(H2,38,39,40)/b19-17+/t33-/m1/s1. The second-order valence-electron chi connectivity index (χ2n) is 12.2. The third-order valence-electron chi connectivity index (χ3n) is 7.78. The van der Waals surface area contributed by atoms with Gasteiger partial charge in [0, 0.05) is 12.8 Å². The molecule has 0 aliphatic rings. The van der Waals surface area contributed by atoms with Gasteiger partial charge in [-0.05, 0) is 38.5 Å². The van der Waals surface area contributed by atoms with E-state index in [1.54, 1.807) is 0 Å². The summed E-state index contributed by atoms with van der Waals surface area (Å²) in [5.74, 6) is -0.898. The van der Waals surface area contributed by atoms with E-state index in [2.05, 4.69) is 30.5 Å². The molecule has 0 heterocycles. The first kappa shape index (κ1) is 42.8. The van der Waals surface area contributed by atoms with Crippen molar-refractivity contribution in [3.8, 4) is 0 Å². The van der Waals surface area contributed by atoms with Gasteiger partial charge in [0.25, 0.3) is 0 Å². The van der Waals surface area contributed by atoms with Crippen molar-refractivity contribution in [2.75, 3.05) is 13.2 Å². The molecule has 0 bridgehead atoms. The first-order chi connectivity index (χ1) is 21.3. The number of hydrogen-bond donors (Lipinski definition) is 2. The number of carbonyl (C=O) groups is 2. The predicted octanol–water partition coefficient (Wildman–Crippen LogP) is 10.3. The zero-order chi connectivity index (χ0) is 32.6. The zero-order valence-electron chi connectivity index (χ0n) is 28.3. The molecule has 0 rings (SSSR count). The lowest BCUT2D eigenvalue weighted by molar-refractivity contribution is -0.161. The molecule has 0 saturated carbocycles. The Morgan fingerprint density at radius 3 is 1.41 bits per heavy atom. The molecule has 0 fully saturated rings. The van der Waals surface area contributed by atoms with E-state index in [0.29, 0.717) is 12.8 Å². The number of phosphoric acid groups is 1. The molecule has 0 aliphatic carbocycles. The quantitative estimate of drug-likeness (QED) is 0.0313. The second-order valence-corrected chi connectivity index (χ2v) is 13.4. The van der Waals surface area contributed by atoms with Crippen molar-refractivity contribution in [2.45, 2.75) is 187 Å². The molecule has 2 N–H and O–H groups in total. The van der Waals surface area contributed by atoms with Gasteiger partial charge in [-0.1, -0.05) is 142 Å². The van der Waals surface area contributed by atoms with Crippen LogP contribution >= 0.6 is 7.82 Å². The fourth-order valence-electron chi connectivity index (χ4n) is 5.07. The molecule has 260 valence electrons. The summed E-state index contributed by atoms with van der Waals surface area (Å²) < 4.78 is 26.2. The van der Waals surface area contributed by atoms with Crippen LogP contribution < -0.4 is 0 Å². The van der Waals surface area contributed by atoms with Crippen molar-refractivity contribution in [1.29, 1.82) is 0 Å². The van der Waals surface area contributed by atoms with E-state index in [-0.39, 0.29) is 19.4 Å². The third-order valence-corrected chi connectivity index (χ3v) is 8.27. The van der Waals surface area contributed by atoms with Gasteiger partial charge < -0.3 is 19.3 Å². The first-order valence-electron chi connectivity index (χ1n) is 18.0. The van der Waals surface area contributed by atoms with Crippen molar-refractivity contribution in [2.24, 2.45) is 0 Å². The Morgan fingerprint density at radius 1 is 0.568 bits per heavy atom. The molecule has 44 heavy (non-hydrogen) atoms. The Hall–Kier alpha value is -1.21. The Balaban J connectivity index is 3.99. The van der Waals surface area contributed by atoms with Crippen molar-refractivity contribution < 1.29 is 37.9 Å². The molecule has 0 aromatic carbocycles. The summed E-state index contributed by atoms with van der Waals surface area (Å²) in [4.78, 5) is 42.6. The van der Waals surface area contributed by atoms with E-state index in [1.807, 2.05) is 0 Å². The highest BCUT2D eigenvalue weighted by atomic mass is 31.2. The summed E-state index contributed by atoms with van der Waals surface area (Å²) in [6.45, 7) is 3.65. The second kappa shape index (κ2) is 31.8. The lowest BCUT2D eigenvalue weighted by Gasteiger charge is -2.18. The molecule has 0 spiro atoms. The van der Waals surface area contributed by atoms with Crippen LogP contribution in [-0.2, 0) is 28.2 Å². The molecule has 0 radical (unpaired) electrons. The summed E-state index contributed by atoms with van der Waals surface area (Å²) >= 11 is 0. The van der Waals surface area contributed by atoms with Crippen molar-refractivity contribution >= 4 is 19.8 Å². The van der Waals surface area contributed by atoms with Gasteiger partial charge in [-0.15, -0.1) is 0 Å². The maximum absolute atomic E-state index is 12.3. The SMILES string of the molecule is CCCCCCCC/C=C/CCCCCC(=O)OC[C@H](COP(=O)(O)O)OC(=O)CCCCCCCCCCCCCCC. The summed E-state index contributed by atoms with van der Waals surface area (Å²) in [5.41, 5.74) is 0. The van der Waals surface area contributed by atoms with Crippen LogP contribution in [0.3, 0.4) is 0 Å². The van der Waals surface area contributed by atoms with Crippen molar-refractivity contribution in [3.05, 3.63) is 12.2 Å². The molecular weight excluding hydrogens is 579 g/mol. The number of unbranched alkanes of at least 4 members (excludes halogenated alkanes) is 21. The van der Waals surface area contributed by atoms with Gasteiger partial charge in [0.2, 0.25) is 0 Å². The highest BCUT2D eigenvalue weighted by Gasteiger charge is 2.22. The molecule has 9 heteroatoms. The lowest BCUT2D eigenvalue weighted by Crippen LogP contribution is -2.29. The molecule has 1 atom stereocenters. The molecule has 0 aromatic heterocycles. The Kier molecular flexibility index (Phi) is 30.9. The summed E-state index contributed by atoms with van der Waals surface area (Å²) in [5, 5.41) is 0. The number of phosphoric ester groups is 1. The van der Waals surface area contributed by atoms with Crippen LogP contribution in [0.1, 0.15) is 181 Å². The van der Waals surface area contributed by atoms with E-state index >= 15 is 0 Å². The minimum atomic E-state index is -4.74. The Morgan fingerprint density at radius 2 is 0.955 bits per heavy atom. The summed E-state index contributed by atoms with van der Waals surface area (Å²) in [7, 11) is -4.74. The average molecular weight is 647 g/mol. The van der Waals surface area contributed by atoms with Crippen LogP contribution in [0, 0.1) is 0 Å². The minimum Gasteiger partial charge on any atom is -0.462 e. The highest BCUT2D eigenvalue weighted by Crippen LogP contribution is 2.36. The average Bonchev–Trinajstić information content (AvgIpc) is 2.98. The fraction of sp³-hybridized carbons (Fsp3) is 0.886. The number of ether oxygens (including phenoxy) is 2. The van der Waals surface area contributed by atoms with Gasteiger partial charge in [0.1, 0.15) is 6.61 Å². The van der Waals surface area contributed by atoms with E-state index in [0.717, 1.165) is 44.9 Å². The van der Waals surface area contributed by atoms with E-state index in [9.17, 15) is 14.2 Å². The van der Waals surface area contributed by atoms with Gasteiger partial charge in [-0.3, -0.25) is 14.1 Å². The van der Waals surface area contributed by atoms with Gasteiger partial charge in [-0.25, -0.2) is 4.57 Å². The Labute approximate surface area is 269 Å². The maximum atomic E-state index is 12.3. The maximum Gasteiger partial charge on any atom is 0.469 e. The fourth-order valence-corrected chi connectivity index (χ4v) is 5.43. The van der Waals surface area contributed by atoms with Crippen LogP contribution in [0.25, 0.3) is 0 Å². The van der Waals surface area contributed by atoms with Crippen LogP contribution in [-0.4, -0.2) is 41.0 Å². The lowest BCUT2D eigenvalue weighted by atomic mass is 10.0. The van der Waals surface area contributed by atoms with Crippen LogP contribution in [0.15, 0.2) is 12.2 Å². The zero-order valence-corrected chi connectivity index (χ0v) is 29.2. The number of hydrogen-bond acceptors (Lipinski definition) is 6. The number of rotatable bonds is 33. The van der Waals surface area contributed by atoms with E-state index < -0.39 is 32.5 Å². The number of allylic oxidation sites excluding steroid dienone is 2. The van der Waals surface area contributed by atoms with E-state index in [1.165, 1.54) is 96.3 Å². The van der Waals surface area contributed by atoms with Gasteiger partial charge >= 0.3 is 19.8 Å². The Bertz CT molecular complexity index is 736. The molecule has 8 nitrogen and oxygen atoms in total. The minimum absolute atomic E-state index is 0.214. The molecule has 0 saturated heterocycles.